The fourth-order valence-corrected chi connectivity index (χ4v) is 0.160. The largest absolute Gasteiger partial charge is 0.459 e. The van der Waals surface area contributed by atoms with E-state index in [1.807, 2.05) is 0 Å². The summed E-state index contributed by atoms with van der Waals surface area (Å²) in [7, 11) is -4.46. The van der Waals surface area contributed by atoms with Gasteiger partial charge in [0, 0.05) is 0 Å². The van der Waals surface area contributed by atoms with Crippen LogP contribution in [-0.2, 0) is 9.36 Å². The summed E-state index contributed by atoms with van der Waals surface area (Å²) in [4.78, 5) is 24.4. The summed E-state index contributed by atoms with van der Waals surface area (Å²) in [5.41, 5.74) is 0. The Kier molecular flexibility index (Phi) is 1.87. The van der Waals surface area contributed by atoms with E-state index in [4.69, 9.17) is 14.6 Å². The molecular weight excluding hydrogens is 121 g/mol. The van der Waals surface area contributed by atoms with Gasteiger partial charge < -0.3 is 9.79 Å². The molecule has 0 rings (SSSR count). The van der Waals surface area contributed by atoms with E-state index in [0.717, 1.165) is 6.08 Å². The maximum absolute atomic E-state index is 9.50. The van der Waals surface area contributed by atoms with Gasteiger partial charge in [-0.2, -0.15) is 0 Å². The van der Waals surface area contributed by atoms with Gasteiger partial charge >= 0.3 is 7.75 Å². The van der Waals surface area contributed by atoms with Crippen LogP contribution in [0.2, 0.25) is 0 Å². The molecule has 0 bridgehead atoms. The molecule has 40 valence electrons. The molecule has 0 amide bonds. The first-order valence-electron chi connectivity index (χ1n) is 1.21. The van der Waals surface area contributed by atoms with E-state index in [9.17, 15) is 4.57 Å². The lowest BCUT2D eigenvalue weighted by atomic mass is 11.7. The van der Waals surface area contributed by atoms with Gasteiger partial charge in [-0.25, -0.2) is 9.36 Å². The fraction of sp³-hybridized carbons (Fsp3) is 0. The minimum atomic E-state index is -4.46. The van der Waals surface area contributed by atoms with E-state index in [0.29, 0.717) is 0 Å². The number of hydrogen-bond acceptors (Lipinski definition) is 2. The summed E-state index contributed by atoms with van der Waals surface area (Å²) in [6.45, 7) is 0. The molecule has 0 aliphatic carbocycles. The highest BCUT2D eigenvalue weighted by atomic mass is 31.2. The van der Waals surface area contributed by atoms with E-state index in [1.54, 1.807) is 0 Å². The molecule has 0 spiro atoms. The quantitative estimate of drug-likeness (QED) is 0.277. The molecule has 6 heteroatoms. The second-order valence-corrected chi connectivity index (χ2v) is 1.93. The van der Waals surface area contributed by atoms with E-state index in [2.05, 4.69) is 4.76 Å². The standard InChI is InChI=1S/CH2NO4P/c3-1-2-7(4,5)6/h(H2,4,5,6). The molecule has 0 saturated carbocycles. The van der Waals surface area contributed by atoms with E-state index < -0.39 is 7.75 Å². The lowest BCUT2D eigenvalue weighted by Gasteiger charge is -1.84. The molecule has 0 aromatic carbocycles. The zero-order valence-electron chi connectivity index (χ0n) is 3.11. The number of hydrogen-bond donors (Lipinski definition) is 2. The average Bonchev–Trinajstić information content (AvgIpc) is 1.30. The normalized spacial score (nSPS) is 10.0. The smallest absolute Gasteiger partial charge is 0.306 e. The number of rotatable bonds is 1. The summed E-state index contributed by atoms with van der Waals surface area (Å²) >= 11 is 0. The van der Waals surface area contributed by atoms with Crippen molar-refractivity contribution < 1.29 is 19.1 Å². The molecule has 0 aliphatic heterocycles. The van der Waals surface area contributed by atoms with Crippen LogP contribution in [0.1, 0.15) is 0 Å². The highest BCUT2D eigenvalue weighted by molar-refractivity contribution is 7.50. The molecule has 5 nitrogen and oxygen atoms in total. The predicted molar refractivity (Wildman–Crippen MR) is 20.2 cm³/mol. The van der Waals surface area contributed by atoms with Gasteiger partial charge in [0.2, 0.25) is 6.08 Å². The third-order valence-electron chi connectivity index (χ3n) is 0.171. The SMILES string of the molecule is O=C=NP(=O)(O)O. The summed E-state index contributed by atoms with van der Waals surface area (Å²) in [6.07, 6.45) is 0.720. The van der Waals surface area contributed by atoms with Gasteiger partial charge in [0.25, 0.3) is 0 Å². The summed E-state index contributed by atoms with van der Waals surface area (Å²) in [5, 5.41) is 0. The Labute approximate surface area is 38.9 Å². The maximum atomic E-state index is 9.50. The Balaban J connectivity index is 4.10. The van der Waals surface area contributed by atoms with Crippen molar-refractivity contribution in [3.8, 4) is 0 Å². The van der Waals surface area contributed by atoms with Crippen molar-refractivity contribution in [1.82, 2.24) is 0 Å². The average molecular weight is 123 g/mol. The van der Waals surface area contributed by atoms with Crippen molar-refractivity contribution in [2.24, 2.45) is 4.76 Å². The molecule has 2 N–H and O–H groups in total. The first-order chi connectivity index (χ1) is 3.06. The summed E-state index contributed by atoms with van der Waals surface area (Å²) < 4.78 is 11.6. The minimum Gasteiger partial charge on any atom is -0.306 e. The van der Waals surface area contributed by atoms with Gasteiger partial charge in [-0.05, 0) is 0 Å². The van der Waals surface area contributed by atoms with E-state index in [1.165, 1.54) is 0 Å². The van der Waals surface area contributed by atoms with Crippen LogP contribution in [0.15, 0.2) is 4.76 Å². The van der Waals surface area contributed by atoms with Crippen molar-refractivity contribution in [2.75, 3.05) is 0 Å². The predicted octanol–water partition coefficient (Wildman–Crippen LogP) is -0.585. The van der Waals surface area contributed by atoms with Crippen LogP contribution in [0.5, 0.6) is 0 Å². The molecule has 0 radical (unpaired) electrons. The van der Waals surface area contributed by atoms with Crippen LogP contribution in [0.3, 0.4) is 0 Å². The van der Waals surface area contributed by atoms with Gasteiger partial charge in [0.05, 0.1) is 0 Å². The van der Waals surface area contributed by atoms with Crippen molar-refractivity contribution >= 4 is 13.8 Å². The Morgan fingerprint density at radius 2 is 2.00 bits per heavy atom. The zero-order chi connectivity index (χ0) is 5.91. The molecule has 0 aromatic rings. The number of nitrogens with zero attached hydrogens (tertiary/aromatic N) is 1. The van der Waals surface area contributed by atoms with Gasteiger partial charge in [-0.3, -0.25) is 0 Å². The first-order valence-corrected chi connectivity index (χ1v) is 2.78. The van der Waals surface area contributed by atoms with Crippen LogP contribution < -0.4 is 0 Å². The molecule has 0 fully saturated rings. The van der Waals surface area contributed by atoms with Crippen LogP contribution >= 0.6 is 7.75 Å². The molecule has 0 aliphatic rings. The van der Waals surface area contributed by atoms with Gasteiger partial charge in [-0.15, -0.1) is 0 Å². The highest BCUT2D eigenvalue weighted by Crippen LogP contribution is 2.34. The second-order valence-electron chi connectivity index (χ2n) is 0.705. The third kappa shape index (κ3) is 5.53. The molecule has 0 unspecified atom stereocenters. The van der Waals surface area contributed by atoms with Crippen molar-refractivity contribution in [2.45, 2.75) is 0 Å². The fourth-order valence-electron chi connectivity index (χ4n) is 0.0532. The summed E-state index contributed by atoms with van der Waals surface area (Å²) in [5.74, 6) is 0. The highest BCUT2D eigenvalue weighted by Gasteiger charge is 2.07. The lowest BCUT2D eigenvalue weighted by Crippen LogP contribution is -1.66. The van der Waals surface area contributed by atoms with E-state index >= 15 is 0 Å². The number of isocyanates is 1. The Morgan fingerprint density at radius 3 is 2.00 bits per heavy atom. The monoisotopic (exact) mass is 123 g/mol. The van der Waals surface area contributed by atoms with Crippen molar-refractivity contribution in [3.63, 3.8) is 0 Å². The lowest BCUT2D eigenvalue weighted by molar-refractivity contribution is 0.375. The molecular formula is CH2NO4P. The Bertz CT molecular complexity index is 140. The van der Waals surface area contributed by atoms with Crippen LogP contribution in [0, 0.1) is 0 Å². The number of carbonyl (C=O) groups excluding carboxylic acids is 1. The van der Waals surface area contributed by atoms with Gasteiger partial charge in [0.15, 0.2) is 0 Å². The van der Waals surface area contributed by atoms with Gasteiger partial charge in [-0.1, -0.05) is 4.76 Å². The Hall–Kier alpha value is -0.470. The molecule has 0 saturated heterocycles. The van der Waals surface area contributed by atoms with Crippen LogP contribution in [0.25, 0.3) is 0 Å². The molecule has 7 heavy (non-hydrogen) atoms. The molecule has 0 aromatic heterocycles. The topological polar surface area (TPSA) is 87.0 Å². The Morgan fingerprint density at radius 1 is 1.57 bits per heavy atom. The van der Waals surface area contributed by atoms with Crippen LogP contribution in [0.4, 0.5) is 0 Å². The zero-order valence-corrected chi connectivity index (χ0v) is 4.00. The van der Waals surface area contributed by atoms with Crippen LogP contribution in [-0.4, -0.2) is 15.9 Å². The molecule has 0 atom stereocenters. The molecule has 0 heterocycles. The first kappa shape index (κ1) is 6.53. The maximum Gasteiger partial charge on any atom is 0.459 e. The van der Waals surface area contributed by atoms with Crippen molar-refractivity contribution in [3.05, 3.63) is 0 Å². The third-order valence-corrected chi connectivity index (χ3v) is 0.513. The van der Waals surface area contributed by atoms with E-state index in [-0.39, 0.29) is 0 Å². The van der Waals surface area contributed by atoms with Gasteiger partial charge in [0.1, 0.15) is 0 Å². The summed E-state index contributed by atoms with van der Waals surface area (Å²) in [6, 6.07) is 0. The minimum absolute atomic E-state index is 0.720. The van der Waals surface area contributed by atoms with Crippen molar-refractivity contribution in [1.29, 1.82) is 0 Å². The second kappa shape index (κ2) is 2.00.